The average Bonchev–Trinajstić information content (AvgIpc) is 2.66. The number of nitrogens with one attached hydrogen (secondary N) is 1. The van der Waals surface area contributed by atoms with Crippen LogP contribution in [0, 0.1) is 6.92 Å². The van der Waals surface area contributed by atoms with Crippen LogP contribution in [0.2, 0.25) is 0 Å². The maximum atomic E-state index is 12.4. The molecule has 1 N–H and O–H groups in total. The molecule has 0 spiro atoms. The molecular formula is C16H23NO3S. The summed E-state index contributed by atoms with van der Waals surface area (Å²) >= 11 is 0. The molecule has 1 aromatic rings. The maximum Gasteiger partial charge on any atom is 0.251 e. The van der Waals surface area contributed by atoms with E-state index in [1.165, 1.54) is 18.9 Å². The fourth-order valence-electron chi connectivity index (χ4n) is 2.76. The van der Waals surface area contributed by atoms with Crippen molar-refractivity contribution in [1.29, 1.82) is 0 Å². The van der Waals surface area contributed by atoms with Crippen molar-refractivity contribution in [2.45, 2.75) is 56.4 Å². The number of hydrogen-bond donors (Lipinski definition) is 1. The third-order valence-corrected chi connectivity index (χ3v) is 5.18. The molecule has 0 saturated heterocycles. The number of benzene rings is 1. The molecule has 0 unspecified atom stereocenters. The minimum atomic E-state index is -3.29. The van der Waals surface area contributed by atoms with Gasteiger partial charge in [0.2, 0.25) is 0 Å². The van der Waals surface area contributed by atoms with Gasteiger partial charge in [-0.2, -0.15) is 0 Å². The van der Waals surface area contributed by atoms with Crippen molar-refractivity contribution in [3.05, 3.63) is 29.3 Å². The van der Waals surface area contributed by atoms with Crippen molar-refractivity contribution >= 4 is 15.7 Å². The van der Waals surface area contributed by atoms with Crippen LogP contribution in [0.5, 0.6) is 0 Å². The highest BCUT2D eigenvalue weighted by molar-refractivity contribution is 7.90. The predicted octanol–water partition coefficient (Wildman–Crippen LogP) is 2.85. The first-order chi connectivity index (χ1) is 9.88. The first-order valence-corrected chi connectivity index (χ1v) is 9.38. The third-order valence-electron chi connectivity index (χ3n) is 4.07. The average molecular weight is 309 g/mol. The normalized spacial score (nSPS) is 17.2. The van der Waals surface area contributed by atoms with Gasteiger partial charge in [0.1, 0.15) is 0 Å². The molecule has 1 fully saturated rings. The van der Waals surface area contributed by atoms with Crippen LogP contribution in [0.1, 0.15) is 54.4 Å². The quantitative estimate of drug-likeness (QED) is 0.873. The monoisotopic (exact) mass is 309 g/mol. The van der Waals surface area contributed by atoms with E-state index in [0.717, 1.165) is 37.5 Å². The Hall–Kier alpha value is -1.36. The molecule has 0 aromatic heterocycles. The van der Waals surface area contributed by atoms with Gasteiger partial charge in [0.05, 0.1) is 4.90 Å². The number of carbonyl (C=O) groups is 1. The van der Waals surface area contributed by atoms with Crippen molar-refractivity contribution in [3.8, 4) is 0 Å². The van der Waals surface area contributed by atoms with Crippen LogP contribution in [0.15, 0.2) is 23.1 Å². The Bertz CT molecular complexity index is 614. The molecule has 1 aliphatic rings. The zero-order chi connectivity index (χ0) is 15.5. The lowest BCUT2D eigenvalue weighted by Gasteiger charge is -2.17. The molecular weight excluding hydrogens is 286 g/mol. The van der Waals surface area contributed by atoms with Gasteiger partial charge in [-0.05, 0) is 37.5 Å². The molecule has 116 valence electrons. The Morgan fingerprint density at radius 1 is 1.14 bits per heavy atom. The molecule has 21 heavy (non-hydrogen) atoms. The second kappa shape index (κ2) is 6.60. The summed E-state index contributed by atoms with van der Waals surface area (Å²) in [7, 11) is -3.29. The van der Waals surface area contributed by atoms with Crippen molar-refractivity contribution < 1.29 is 13.2 Å². The lowest BCUT2D eigenvalue weighted by Crippen LogP contribution is -2.34. The lowest BCUT2D eigenvalue weighted by molar-refractivity contribution is 0.0932. The second-order valence-corrected chi connectivity index (χ2v) is 7.93. The van der Waals surface area contributed by atoms with Crippen LogP contribution in [-0.4, -0.2) is 26.6 Å². The standard InChI is InChI=1S/C16H23NO3S/c1-12-9-10-14(21(2,19)20)11-15(12)16(18)17-13-7-5-3-4-6-8-13/h9-11,13H,3-8H2,1-2H3,(H,17,18). The molecule has 5 heteroatoms. The van der Waals surface area contributed by atoms with E-state index in [2.05, 4.69) is 5.32 Å². The molecule has 1 saturated carbocycles. The SMILES string of the molecule is Cc1ccc(S(C)(=O)=O)cc1C(=O)NC1CCCCCC1. The summed E-state index contributed by atoms with van der Waals surface area (Å²) in [4.78, 5) is 12.6. The number of amides is 1. The lowest BCUT2D eigenvalue weighted by atomic mass is 10.1. The van der Waals surface area contributed by atoms with Gasteiger partial charge < -0.3 is 5.32 Å². The van der Waals surface area contributed by atoms with Gasteiger partial charge in [-0.3, -0.25) is 4.79 Å². The van der Waals surface area contributed by atoms with E-state index in [-0.39, 0.29) is 16.8 Å². The van der Waals surface area contributed by atoms with Gasteiger partial charge in [-0.25, -0.2) is 8.42 Å². The van der Waals surface area contributed by atoms with Crippen LogP contribution >= 0.6 is 0 Å². The minimum absolute atomic E-state index is 0.162. The summed E-state index contributed by atoms with van der Waals surface area (Å²) in [5.74, 6) is -0.162. The van der Waals surface area contributed by atoms with E-state index in [1.807, 2.05) is 6.92 Å². The Morgan fingerprint density at radius 3 is 2.33 bits per heavy atom. The molecule has 0 atom stereocenters. The zero-order valence-electron chi connectivity index (χ0n) is 12.7. The fraction of sp³-hybridized carbons (Fsp3) is 0.562. The summed E-state index contributed by atoms with van der Waals surface area (Å²) in [5, 5.41) is 3.06. The van der Waals surface area contributed by atoms with Gasteiger partial charge in [-0.1, -0.05) is 31.7 Å². The molecule has 0 aliphatic heterocycles. The summed E-state index contributed by atoms with van der Waals surface area (Å²) in [6.07, 6.45) is 7.93. The number of aryl methyl sites for hydroxylation is 1. The topological polar surface area (TPSA) is 63.2 Å². The summed E-state index contributed by atoms with van der Waals surface area (Å²) < 4.78 is 23.2. The fourth-order valence-corrected chi connectivity index (χ4v) is 3.41. The molecule has 2 rings (SSSR count). The van der Waals surface area contributed by atoms with E-state index in [9.17, 15) is 13.2 Å². The van der Waals surface area contributed by atoms with Gasteiger partial charge in [0.25, 0.3) is 5.91 Å². The van der Waals surface area contributed by atoms with Gasteiger partial charge in [0.15, 0.2) is 9.84 Å². The molecule has 1 amide bonds. The first-order valence-electron chi connectivity index (χ1n) is 7.49. The van der Waals surface area contributed by atoms with Crippen molar-refractivity contribution in [1.82, 2.24) is 5.32 Å². The molecule has 1 aromatic carbocycles. The van der Waals surface area contributed by atoms with Crippen molar-refractivity contribution in [2.75, 3.05) is 6.26 Å². The second-order valence-electron chi connectivity index (χ2n) is 5.91. The first kappa shape index (κ1) is 16.0. The molecule has 1 aliphatic carbocycles. The van der Waals surface area contributed by atoms with Crippen LogP contribution in [0.25, 0.3) is 0 Å². The number of sulfone groups is 1. The molecule has 0 bridgehead atoms. The Labute approximate surface area is 126 Å². The van der Waals surface area contributed by atoms with Crippen molar-refractivity contribution in [3.63, 3.8) is 0 Å². The minimum Gasteiger partial charge on any atom is -0.349 e. The highest BCUT2D eigenvalue weighted by Crippen LogP contribution is 2.19. The Balaban J connectivity index is 2.18. The number of hydrogen-bond acceptors (Lipinski definition) is 3. The summed E-state index contributed by atoms with van der Waals surface area (Å²) in [6.45, 7) is 1.83. The van der Waals surface area contributed by atoms with E-state index < -0.39 is 9.84 Å². The Morgan fingerprint density at radius 2 is 1.76 bits per heavy atom. The van der Waals surface area contributed by atoms with E-state index in [0.29, 0.717) is 5.56 Å². The predicted molar refractivity (Wildman–Crippen MR) is 83.2 cm³/mol. The smallest absolute Gasteiger partial charge is 0.251 e. The van der Waals surface area contributed by atoms with Gasteiger partial charge >= 0.3 is 0 Å². The maximum absolute atomic E-state index is 12.4. The van der Waals surface area contributed by atoms with Crippen LogP contribution in [0.3, 0.4) is 0 Å². The largest absolute Gasteiger partial charge is 0.349 e. The highest BCUT2D eigenvalue weighted by Gasteiger charge is 2.18. The third kappa shape index (κ3) is 4.30. The molecule has 0 radical (unpaired) electrons. The highest BCUT2D eigenvalue weighted by atomic mass is 32.2. The van der Waals surface area contributed by atoms with Crippen LogP contribution in [-0.2, 0) is 9.84 Å². The van der Waals surface area contributed by atoms with Crippen LogP contribution < -0.4 is 5.32 Å². The molecule has 4 nitrogen and oxygen atoms in total. The van der Waals surface area contributed by atoms with Crippen LogP contribution in [0.4, 0.5) is 0 Å². The van der Waals surface area contributed by atoms with Gasteiger partial charge in [0, 0.05) is 17.9 Å². The van der Waals surface area contributed by atoms with Crippen molar-refractivity contribution in [2.24, 2.45) is 0 Å². The number of rotatable bonds is 3. The van der Waals surface area contributed by atoms with E-state index >= 15 is 0 Å². The Kier molecular flexibility index (Phi) is 5.04. The summed E-state index contributed by atoms with van der Waals surface area (Å²) in [5.41, 5.74) is 1.26. The molecule has 0 heterocycles. The van der Waals surface area contributed by atoms with Gasteiger partial charge in [-0.15, -0.1) is 0 Å². The number of carbonyl (C=O) groups excluding carboxylic acids is 1. The summed E-state index contributed by atoms with van der Waals surface area (Å²) in [6, 6.07) is 4.93. The van der Waals surface area contributed by atoms with E-state index in [4.69, 9.17) is 0 Å². The van der Waals surface area contributed by atoms with E-state index in [1.54, 1.807) is 12.1 Å². The zero-order valence-corrected chi connectivity index (χ0v) is 13.5.